The predicted molar refractivity (Wildman–Crippen MR) is 109 cm³/mol. The van der Waals surface area contributed by atoms with Crippen molar-refractivity contribution in [3.8, 4) is 11.3 Å². The lowest BCUT2D eigenvalue weighted by atomic mass is 10.1. The van der Waals surface area contributed by atoms with Crippen LogP contribution < -0.4 is 5.32 Å². The molecule has 4 aromatic heterocycles. The second kappa shape index (κ2) is 6.82. The van der Waals surface area contributed by atoms with Crippen LogP contribution in [-0.4, -0.2) is 29.3 Å². The number of fused-ring (bicyclic) bond motifs is 2. The first-order chi connectivity index (χ1) is 14.1. The summed E-state index contributed by atoms with van der Waals surface area (Å²) in [5.41, 5.74) is 4.05. The number of benzene rings is 1. The molecular weight excluding hydrogens is 393 g/mol. The van der Waals surface area contributed by atoms with Crippen molar-refractivity contribution < 1.29 is 4.39 Å². The minimum Gasteiger partial charge on any atom is -0.360 e. The van der Waals surface area contributed by atoms with Crippen LogP contribution in [-0.2, 0) is 0 Å². The molecule has 0 spiro atoms. The summed E-state index contributed by atoms with van der Waals surface area (Å²) < 4.78 is 15.8. The van der Waals surface area contributed by atoms with Gasteiger partial charge in [-0.3, -0.25) is 4.40 Å². The van der Waals surface area contributed by atoms with Gasteiger partial charge < -0.3 is 10.3 Å². The number of aromatic amines is 1. The number of nitrogens with one attached hydrogen (secondary N) is 2. The largest absolute Gasteiger partial charge is 0.360 e. The number of halogens is 2. The number of hydrogen-bond donors (Lipinski definition) is 2. The molecule has 5 rings (SSSR count). The summed E-state index contributed by atoms with van der Waals surface area (Å²) in [6.45, 7) is 1.96. The van der Waals surface area contributed by atoms with Gasteiger partial charge in [0.05, 0.1) is 28.8 Å². The summed E-state index contributed by atoms with van der Waals surface area (Å²) in [4.78, 5) is 20.5. The van der Waals surface area contributed by atoms with Crippen LogP contribution in [0.15, 0.2) is 55.2 Å². The van der Waals surface area contributed by atoms with Crippen molar-refractivity contribution in [1.82, 2.24) is 29.3 Å². The highest BCUT2D eigenvalue weighted by Crippen LogP contribution is 2.33. The molecule has 5 aromatic rings. The molecular formula is C20H15ClFN7. The zero-order chi connectivity index (χ0) is 20.0. The van der Waals surface area contributed by atoms with E-state index >= 15 is 0 Å². The molecule has 1 atom stereocenters. The molecule has 0 aliphatic rings. The van der Waals surface area contributed by atoms with E-state index in [9.17, 15) is 4.39 Å². The fourth-order valence-electron chi connectivity index (χ4n) is 3.42. The highest BCUT2D eigenvalue weighted by Gasteiger charge is 2.22. The molecule has 2 N–H and O–H groups in total. The molecule has 0 saturated heterocycles. The number of rotatable bonds is 4. The minimum atomic E-state index is -0.319. The number of H-pyrrole nitrogens is 1. The van der Waals surface area contributed by atoms with Gasteiger partial charge in [-0.2, -0.15) is 0 Å². The van der Waals surface area contributed by atoms with E-state index in [-0.39, 0.29) is 11.9 Å². The van der Waals surface area contributed by atoms with Gasteiger partial charge in [-0.15, -0.1) is 0 Å². The number of anilines is 1. The standard InChI is InChI=1S/C20H15ClFN7/c1-11(27-19-16-18(24-9-23-16)25-10-26-19)15-17(12-4-2-5-13(22)8-12)29-7-3-6-14(21)20(29)28-15/h2-11H,1H3,(H2,23,24,25,26,27). The number of nitrogens with zero attached hydrogens (tertiary/aromatic N) is 5. The molecule has 144 valence electrons. The Kier molecular flexibility index (Phi) is 4.13. The monoisotopic (exact) mass is 407 g/mol. The van der Waals surface area contributed by atoms with E-state index in [1.165, 1.54) is 18.5 Å². The fraction of sp³-hybridized carbons (Fsp3) is 0.100. The zero-order valence-electron chi connectivity index (χ0n) is 15.3. The van der Waals surface area contributed by atoms with Gasteiger partial charge in [-0.05, 0) is 31.2 Å². The van der Waals surface area contributed by atoms with Gasteiger partial charge in [-0.1, -0.05) is 23.7 Å². The molecule has 0 aliphatic carbocycles. The van der Waals surface area contributed by atoms with Crippen molar-refractivity contribution in [3.05, 3.63) is 71.8 Å². The lowest BCUT2D eigenvalue weighted by Crippen LogP contribution is -2.10. The van der Waals surface area contributed by atoms with Crippen LogP contribution in [0.4, 0.5) is 10.2 Å². The second-order valence-electron chi connectivity index (χ2n) is 6.59. The molecule has 0 saturated carbocycles. The maximum atomic E-state index is 14.0. The third kappa shape index (κ3) is 2.98. The average molecular weight is 408 g/mol. The average Bonchev–Trinajstić information content (AvgIpc) is 3.34. The van der Waals surface area contributed by atoms with Gasteiger partial charge in [0.1, 0.15) is 17.7 Å². The summed E-state index contributed by atoms with van der Waals surface area (Å²) >= 11 is 6.38. The van der Waals surface area contributed by atoms with Crippen LogP contribution in [0.1, 0.15) is 18.7 Å². The van der Waals surface area contributed by atoms with Crippen LogP contribution in [0.25, 0.3) is 28.1 Å². The van der Waals surface area contributed by atoms with Crippen molar-refractivity contribution >= 4 is 34.2 Å². The van der Waals surface area contributed by atoms with Crippen LogP contribution in [0.3, 0.4) is 0 Å². The zero-order valence-corrected chi connectivity index (χ0v) is 16.0. The van der Waals surface area contributed by atoms with Crippen LogP contribution in [0.2, 0.25) is 5.02 Å². The molecule has 29 heavy (non-hydrogen) atoms. The lowest BCUT2D eigenvalue weighted by Gasteiger charge is -2.15. The van der Waals surface area contributed by atoms with Gasteiger partial charge >= 0.3 is 0 Å². The summed E-state index contributed by atoms with van der Waals surface area (Å²) in [7, 11) is 0. The molecule has 0 fully saturated rings. The first-order valence-electron chi connectivity index (χ1n) is 8.95. The number of pyridine rings is 1. The third-order valence-electron chi connectivity index (χ3n) is 4.71. The van der Waals surface area contributed by atoms with Crippen molar-refractivity contribution in [3.63, 3.8) is 0 Å². The Labute approximate surface area is 169 Å². The quantitative estimate of drug-likeness (QED) is 0.453. The number of aromatic nitrogens is 6. The summed E-state index contributed by atoms with van der Waals surface area (Å²) in [6, 6.07) is 9.76. The Hall–Kier alpha value is -3.52. The molecule has 9 heteroatoms. The Morgan fingerprint density at radius 2 is 2.07 bits per heavy atom. The van der Waals surface area contributed by atoms with Gasteiger partial charge in [0.25, 0.3) is 0 Å². The second-order valence-corrected chi connectivity index (χ2v) is 7.00. The van der Waals surface area contributed by atoms with E-state index in [2.05, 4.69) is 25.3 Å². The lowest BCUT2D eigenvalue weighted by molar-refractivity contribution is 0.628. The number of imidazole rings is 2. The highest BCUT2D eigenvalue weighted by molar-refractivity contribution is 6.33. The Morgan fingerprint density at radius 3 is 2.93 bits per heavy atom. The van der Waals surface area contributed by atoms with Gasteiger partial charge in [0.15, 0.2) is 17.1 Å². The molecule has 0 bridgehead atoms. The molecule has 7 nitrogen and oxygen atoms in total. The minimum absolute atomic E-state index is 0.265. The topological polar surface area (TPSA) is 83.8 Å². The maximum Gasteiger partial charge on any atom is 0.162 e. The summed E-state index contributed by atoms with van der Waals surface area (Å²) in [5.74, 6) is 0.261. The third-order valence-corrected chi connectivity index (χ3v) is 5.00. The van der Waals surface area contributed by atoms with Gasteiger partial charge in [0, 0.05) is 11.8 Å². The Bertz CT molecular complexity index is 1340. The van der Waals surface area contributed by atoms with E-state index < -0.39 is 0 Å². The van der Waals surface area contributed by atoms with Crippen LogP contribution >= 0.6 is 11.6 Å². The fourth-order valence-corrected chi connectivity index (χ4v) is 3.63. The van der Waals surface area contributed by atoms with Crippen molar-refractivity contribution in [2.24, 2.45) is 0 Å². The Balaban J connectivity index is 1.67. The predicted octanol–water partition coefficient (Wildman–Crippen LogP) is 4.63. The SMILES string of the molecule is CC(Nc1ncnc2[nH]cnc12)c1nc2c(Cl)cccn2c1-c1cccc(F)c1. The van der Waals surface area contributed by atoms with Crippen LogP contribution in [0, 0.1) is 5.82 Å². The molecule has 1 aromatic carbocycles. The van der Waals surface area contributed by atoms with E-state index in [1.807, 2.05) is 29.7 Å². The van der Waals surface area contributed by atoms with E-state index in [4.69, 9.17) is 16.6 Å². The highest BCUT2D eigenvalue weighted by atomic mass is 35.5. The summed E-state index contributed by atoms with van der Waals surface area (Å²) in [5, 5.41) is 3.86. The molecule has 0 radical (unpaired) electrons. The first kappa shape index (κ1) is 17.6. The molecule has 1 unspecified atom stereocenters. The molecule has 0 aliphatic heterocycles. The normalized spacial score (nSPS) is 12.5. The first-order valence-corrected chi connectivity index (χ1v) is 9.32. The van der Waals surface area contributed by atoms with Crippen LogP contribution in [0.5, 0.6) is 0 Å². The van der Waals surface area contributed by atoms with E-state index in [0.717, 1.165) is 5.69 Å². The van der Waals surface area contributed by atoms with Gasteiger partial charge in [-0.25, -0.2) is 24.3 Å². The van der Waals surface area contributed by atoms with E-state index in [0.29, 0.717) is 38.9 Å². The maximum absolute atomic E-state index is 14.0. The Morgan fingerprint density at radius 1 is 1.17 bits per heavy atom. The van der Waals surface area contributed by atoms with E-state index in [1.54, 1.807) is 18.5 Å². The van der Waals surface area contributed by atoms with Crippen molar-refractivity contribution in [1.29, 1.82) is 0 Å². The molecule has 4 heterocycles. The smallest absolute Gasteiger partial charge is 0.162 e. The summed E-state index contributed by atoms with van der Waals surface area (Å²) in [6.07, 6.45) is 4.89. The molecule has 0 amide bonds. The van der Waals surface area contributed by atoms with Gasteiger partial charge in [0.2, 0.25) is 0 Å². The number of hydrogen-bond acceptors (Lipinski definition) is 5. The van der Waals surface area contributed by atoms with Crippen molar-refractivity contribution in [2.75, 3.05) is 5.32 Å². The van der Waals surface area contributed by atoms with Crippen molar-refractivity contribution in [2.45, 2.75) is 13.0 Å².